The summed E-state index contributed by atoms with van der Waals surface area (Å²) in [5.41, 5.74) is 2.75. The first kappa shape index (κ1) is 22.2. The first-order valence-electron chi connectivity index (χ1n) is 9.94. The molecule has 1 fully saturated rings. The largest absolute Gasteiger partial charge is 0.455 e. The minimum Gasteiger partial charge on any atom is -0.455 e. The van der Waals surface area contributed by atoms with Crippen LogP contribution in [0.2, 0.25) is 0 Å². The highest BCUT2D eigenvalue weighted by Gasteiger charge is 2.44. The van der Waals surface area contributed by atoms with E-state index >= 15 is 0 Å². The number of hydrogen-bond donors (Lipinski definition) is 1. The van der Waals surface area contributed by atoms with Gasteiger partial charge >= 0.3 is 5.97 Å². The van der Waals surface area contributed by atoms with Crippen molar-refractivity contribution in [2.75, 3.05) is 6.61 Å². The van der Waals surface area contributed by atoms with Crippen molar-refractivity contribution in [1.82, 2.24) is 10.3 Å². The monoisotopic (exact) mass is 430 g/mol. The number of ether oxygens (including phenoxy) is 2. The lowest BCUT2D eigenvalue weighted by Gasteiger charge is -2.24. The number of nitrogens with one attached hydrogen (secondary N) is 1. The first-order valence-corrected chi connectivity index (χ1v) is 10.8. The number of hydrogen-bond acceptors (Lipinski definition) is 7. The summed E-state index contributed by atoms with van der Waals surface area (Å²) < 4.78 is 10.6. The second kappa shape index (κ2) is 9.57. The molecular weight excluding hydrogens is 404 g/mol. The number of carbonyl (C=O) groups is 3. The van der Waals surface area contributed by atoms with Gasteiger partial charge in [-0.15, -0.1) is 0 Å². The summed E-state index contributed by atoms with van der Waals surface area (Å²) >= 11 is 1.03. The molecule has 0 aromatic carbocycles. The molecule has 0 radical (unpaired) electrons. The average molecular weight is 431 g/mol. The third-order valence-corrected chi connectivity index (χ3v) is 6.11. The van der Waals surface area contributed by atoms with Crippen LogP contribution in [0.25, 0.3) is 0 Å². The highest BCUT2D eigenvalue weighted by atomic mass is 32.2. The van der Waals surface area contributed by atoms with Crippen molar-refractivity contribution in [3.8, 4) is 0 Å². The molecule has 2 aliphatic rings. The van der Waals surface area contributed by atoms with Crippen molar-refractivity contribution in [2.24, 2.45) is 0 Å². The SMILES string of the molecule is CCc1ccc([C@@H](COC2C=CC(CC3(C)SC(=O)NC3=O)=CC2)OC(C)=O)cn1. The minimum absolute atomic E-state index is 0.158. The molecule has 160 valence electrons. The maximum absolute atomic E-state index is 12.0. The maximum atomic E-state index is 12.0. The number of amides is 2. The zero-order valence-electron chi connectivity index (χ0n) is 17.3. The van der Waals surface area contributed by atoms with Gasteiger partial charge in [0.05, 0.1) is 12.7 Å². The summed E-state index contributed by atoms with van der Waals surface area (Å²) in [5.74, 6) is -0.628. The Morgan fingerprint density at radius 2 is 2.20 bits per heavy atom. The lowest BCUT2D eigenvalue weighted by atomic mass is 9.94. The normalized spacial score (nSPS) is 24.4. The molecule has 30 heavy (non-hydrogen) atoms. The van der Waals surface area contributed by atoms with Gasteiger partial charge in [0.25, 0.3) is 5.24 Å². The van der Waals surface area contributed by atoms with Gasteiger partial charge in [-0.25, -0.2) is 0 Å². The number of imide groups is 1. The Hall–Kier alpha value is -2.45. The molecule has 1 aromatic rings. The standard InChI is InChI=1S/C22H26N2O5S/c1-4-17-8-7-16(12-23-17)19(29-14(2)25)13-28-18-9-5-15(6-10-18)11-22(3)20(26)24-21(27)30-22/h5-9,12,18-19H,4,10-11,13H2,1-3H3,(H,24,26,27)/t18?,19-,22?/m1/s1. The number of carbonyl (C=O) groups excluding carboxylic acids is 3. The van der Waals surface area contributed by atoms with Gasteiger partial charge < -0.3 is 9.47 Å². The Labute approximate surface area is 180 Å². The molecule has 0 saturated carbocycles. The van der Waals surface area contributed by atoms with E-state index in [1.807, 2.05) is 37.3 Å². The molecule has 2 amide bonds. The van der Waals surface area contributed by atoms with E-state index in [9.17, 15) is 14.4 Å². The van der Waals surface area contributed by atoms with E-state index in [2.05, 4.69) is 10.3 Å². The van der Waals surface area contributed by atoms with Crippen LogP contribution >= 0.6 is 11.8 Å². The van der Waals surface area contributed by atoms with Crippen molar-refractivity contribution in [3.05, 3.63) is 53.4 Å². The molecule has 1 N–H and O–H groups in total. The van der Waals surface area contributed by atoms with E-state index in [0.29, 0.717) is 12.8 Å². The minimum atomic E-state index is -0.779. The molecule has 1 aliphatic heterocycles. The molecule has 1 saturated heterocycles. The van der Waals surface area contributed by atoms with E-state index in [4.69, 9.17) is 9.47 Å². The van der Waals surface area contributed by atoms with Gasteiger partial charge in [-0.2, -0.15) is 0 Å². The number of pyridine rings is 1. The van der Waals surface area contributed by atoms with Gasteiger partial charge in [0.2, 0.25) is 5.91 Å². The van der Waals surface area contributed by atoms with Crippen LogP contribution in [0.4, 0.5) is 4.79 Å². The zero-order chi connectivity index (χ0) is 21.7. The molecule has 2 unspecified atom stereocenters. The number of rotatable bonds is 8. The third-order valence-electron chi connectivity index (χ3n) is 5.04. The van der Waals surface area contributed by atoms with Crippen LogP contribution in [0.15, 0.2) is 42.1 Å². The molecule has 0 bridgehead atoms. The van der Waals surface area contributed by atoms with Gasteiger partial charge in [-0.1, -0.05) is 36.8 Å². The Balaban J connectivity index is 1.56. The molecule has 3 rings (SSSR count). The predicted molar refractivity (Wildman–Crippen MR) is 114 cm³/mol. The van der Waals surface area contributed by atoms with E-state index in [-0.39, 0.29) is 29.8 Å². The lowest BCUT2D eigenvalue weighted by molar-refractivity contribution is -0.150. The van der Waals surface area contributed by atoms with E-state index < -0.39 is 10.9 Å². The van der Waals surface area contributed by atoms with Gasteiger partial charge in [0.1, 0.15) is 4.75 Å². The van der Waals surface area contributed by atoms with E-state index in [1.54, 1.807) is 13.1 Å². The number of nitrogens with zero attached hydrogens (tertiary/aromatic N) is 1. The Bertz CT molecular complexity index is 880. The number of allylic oxidation sites excluding steroid dienone is 2. The van der Waals surface area contributed by atoms with Crippen LogP contribution in [-0.2, 0) is 25.5 Å². The molecule has 8 heteroatoms. The zero-order valence-corrected chi connectivity index (χ0v) is 18.2. The van der Waals surface area contributed by atoms with Crippen LogP contribution in [-0.4, -0.2) is 39.6 Å². The van der Waals surface area contributed by atoms with Crippen molar-refractivity contribution in [1.29, 1.82) is 0 Å². The Kier molecular flexibility index (Phi) is 7.10. The van der Waals surface area contributed by atoms with Crippen molar-refractivity contribution in [2.45, 2.75) is 57.0 Å². The molecule has 3 atom stereocenters. The third kappa shape index (κ3) is 5.58. The highest BCUT2D eigenvalue weighted by Crippen LogP contribution is 2.38. The second-order valence-corrected chi connectivity index (χ2v) is 9.01. The predicted octanol–water partition coefficient (Wildman–Crippen LogP) is 3.65. The van der Waals surface area contributed by atoms with Crippen molar-refractivity contribution < 1.29 is 23.9 Å². The maximum Gasteiger partial charge on any atom is 0.303 e. The number of aryl methyl sites for hydroxylation is 1. The second-order valence-electron chi connectivity index (χ2n) is 7.53. The molecule has 1 aliphatic carbocycles. The molecular formula is C22H26N2O5S. The highest BCUT2D eigenvalue weighted by molar-refractivity contribution is 8.16. The van der Waals surface area contributed by atoms with Crippen LogP contribution in [0.1, 0.15) is 51.0 Å². The summed E-state index contributed by atoms with van der Waals surface area (Å²) in [5, 5.41) is 2.04. The van der Waals surface area contributed by atoms with Crippen LogP contribution in [0, 0.1) is 0 Å². The fraction of sp³-hybridized carbons (Fsp3) is 0.455. The Morgan fingerprint density at radius 1 is 1.40 bits per heavy atom. The first-order chi connectivity index (χ1) is 14.3. The molecule has 7 nitrogen and oxygen atoms in total. The average Bonchev–Trinajstić information content (AvgIpc) is 2.97. The van der Waals surface area contributed by atoms with Crippen molar-refractivity contribution >= 4 is 28.9 Å². The van der Waals surface area contributed by atoms with E-state index in [0.717, 1.165) is 35.0 Å². The summed E-state index contributed by atoms with van der Waals surface area (Å²) in [6.07, 6.45) is 8.87. The van der Waals surface area contributed by atoms with E-state index in [1.165, 1.54) is 6.92 Å². The van der Waals surface area contributed by atoms with Crippen LogP contribution < -0.4 is 5.32 Å². The molecule has 2 heterocycles. The topological polar surface area (TPSA) is 94.6 Å². The fourth-order valence-corrected chi connectivity index (χ4v) is 4.29. The summed E-state index contributed by atoms with van der Waals surface area (Å²) in [4.78, 5) is 39.4. The van der Waals surface area contributed by atoms with Crippen molar-refractivity contribution in [3.63, 3.8) is 0 Å². The number of esters is 1. The molecule has 1 aromatic heterocycles. The van der Waals surface area contributed by atoms with Crippen LogP contribution in [0.5, 0.6) is 0 Å². The van der Waals surface area contributed by atoms with Gasteiger partial charge in [-0.3, -0.25) is 24.7 Å². The summed E-state index contributed by atoms with van der Waals surface area (Å²) in [6, 6.07) is 3.83. The number of aromatic nitrogens is 1. The lowest BCUT2D eigenvalue weighted by Crippen LogP contribution is -2.34. The van der Waals surface area contributed by atoms with Gasteiger partial charge in [0, 0.05) is 24.4 Å². The number of thioether (sulfide) groups is 1. The molecule has 0 spiro atoms. The summed E-state index contributed by atoms with van der Waals surface area (Å²) in [7, 11) is 0. The quantitative estimate of drug-likeness (QED) is 0.629. The Morgan fingerprint density at radius 3 is 2.73 bits per heavy atom. The fourth-order valence-electron chi connectivity index (χ4n) is 3.35. The van der Waals surface area contributed by atoms with Gasteiger partial charge in [0.15, 0.2) is 6.10 Å². The summed E-state index contributed by atoms with van der Waals surface area (Å²) in [6.45, 7) is 5.40. The smallest absolute Gasteiger partial charge is 0.303 e. The van der Waals surface area contributed by atoms with Crippen LogP contribution in [0.3, 0.4) is 0 Å². The van der Waals surface area contributed by atoms with Gasteiger partial charge in [-0.05, 0) is 44.0 Å².